The van der Waals surface area contributed by atoms with Crippen LogP contribution >= 0.6 is 0 Å². The molecule has 0 aromatic heterocycles. The van der Waals surface area contributed by atoms with Gasteiger partial charge >= 0.3 is 0 Å². The molecule has 102 valence electrons. The van der Waals surface area contributed by atoms with Crippen molar-refractivity contribution in [2.24, 2.45) is 5.92 Å². The van der Waals surface area contributed by atoms with Gasteiger partial charge in [0, 0.05) is 38.9 Å². The minimum Gasteiger partial charge on any atom is -0.385 e. The maximum Gasteiger partial charge on any atom is 0.0623 e. The summed E-state index contributed by atoms with van der Waals surface area (Å²) in [5, 5.41) is 3.57. The molecule has 0 aromatic rings. The summed E-state index contributed by atoms with van der Waals surface area (Å²) in [6, 6.07) is 0.444. The quantitative estimate of drug-likeness (QED) is 0.591. The van der Waals surface area contributed by atoms with E-state index in [-0.39, 0.29) is 0 Å². The van der Waals surface area contributed by atoms with Crippen LogP contribution in [-0.2, 0) is 14.2 Å². The molecule has 0 aromatic carbocycles. The first kappa shape index (κ1) is 14.9. The zero-order valence-electron chi connectivity index (χ0n) is 11.2. The van der Waals surface area contributed by atoms with Gasteiger partial charge in [0.25, 0.3) is 0 Å². The van der Waals surface area contributed by atoms with Crippen LogP contribution in [-0.4, -0.2) is 52.7 Å². The average Bonchev–Trinajstić information content (AvgIpc) is 2.86. The van der Waals surface area contributed by atoms with Gasteiger partial charge in [0.2, 0.25) is 0 Å². The zero-order valence-corrected chi connectivity index (χ0v) is 11.2. The lowest BCUT2D eigenvalue weighted by Crippen LogP contribution is -2.41. The van der Waals surface area contributed by atoms with Crippen molar-refractivity contribution in [2.75, 3.05) is 46.7 Å². The second kappa shape index (κ2) is 9.83. The van der Waals surface area contributed by atoms with Crippen LogP contribution in [0.2, 0.25) is 0 Å². The molecular formula is C13H27NO3. The lowest BCUT2D eigenvalue weighted by Gasteiger charge is -2.23. The van der Waals surface area contributed by atoms with Gasteiger partial charge in [-0.3, -0.25) is 0 Å². The van der Waals surface area contributed by atoms with E-state index in [2.05, 4.69) is 12.2 Å². The van der Waals surface area contributed by atoms with Gasteiger partial charge in [0.05, 0.1) is 13.2 Å². The van der Waals surface area contributed by atoms with E-state index < -0.39 is 0 Å². The molecule has 17 heavy (non-hydrogen) atoms. The van der Waals surface area contributed by atoms with Crippen molar-refractivity contribution in [3.05, 3.63) is 0 Å². The van der Waals surface area contributed by atoms with Crippen LogP contribution in [0.15, 0.2) is 0 Å². The minimum atomic E-state index is 0.444. The largest absolute Gasteiger partial charge is 0.385 e. The third kappa shape index (κ3) is 6.36. The van der Waals surface area contributed by atoms with Crippen LogP contribution in [0.3, 0.4) is 0 Å². The predicted octanol–water partition coefficient (Wildman–Crippen LogP) is 1.44. The molecule has 4 heteroatoms. The Kier molecular flexibility index (Phi) is 8.61. The number of methoxy groups -OCH3 is 1. The molecule has 1 N–H and O–H groups in total. The standard InChI is InChI=1S/C13H27NO3/c1-3-6-14-13(12-5-9-17-10-12)11-16-8-4-7-15-2/h12-14H,3-11H2,1-2H3. The Morgan fingerprint density at radius 3 is 2.94 bits per heavy atom. The summed E-state index contributed by atoms with van der Waals surface area (Å²) < 4.78 is 16.2. The maximum absolute atomic E-state index is 5.71. The number of ether oxygens (including phenoxy) is 3. The Balaban J connectivity index is 2.15. The normalized spacial score (nSPS) is 21.9. The molecule has 1 saturated heterocycles. The lowest BCUT2D eigenvalue weighted by molar-refractivity contribution is 0.0712. The highest BCUT2D eigenvalue weighted by Gasteiger charge is 2.25. The van der Waals surface area contributed by atoms with Crippen molar-refractivity contribution in [3.8, 4) is 0 Å². The molecule has 0 aliphatic carbocycles. The summed E-state index contributed by atoms with van der Waals surface area (Å²) in [6.45, 7) is 7.38. The smallest absolute Gasteiger partial charge is 0.0623 e. The van der Waals surface area contributed by atoms with Gasteiger partial charge in [0.1, 0.15) is 0 Å². The van der Waals surface area contributed by atoms with Crippen LogP contribution in [0, 0.1) is 5.92 Å². The van der Waals surface area contributed by atoms with Crippen molar-refractivity contribution in [2.45, 2.75) is 32.2 Å². The molecule has 2 unspecified atom stereocenters. The van der Waals surface area contributed by atoms with Crippen LogP contribution in [0.25, 0.3) is 0 Å². The van der Waals surface area contributed by atoms with Gasteiger partial charge < -0.3 is 19.5 Å². The second-order valence-electron chi connectivity index (χ2n) is 4.61. The number of rotatable bonds is 10. The van der Waals surface area contributed by atoms with E-state index in [9.17, 15) is 0 Å². The molecule has 0 radical (unpaired) electrons. The Bertz CT molecular complexity index is 172. The fourth-order valence-electron chi connectivity index (χ4n) is 2.08. The Morgan fingerprint density at radius 1 is 1.41 bits per heavy atom. The monoisotopic (exact) mass is 245 g/mol. The van der Waals surface area contributed by atoms with Gasteiger partial charge in [-0.05, 0) is 25.8 Å². The average molecular weight is 245 g/mol. The van der Waals surface area contributed by atoms with Gasteiger partial charge in [0.15, 0.2) is 0 Å². The van der Waals surface area contributed by atoms with E-state index in [0.29, 0.717) is 12.0 Å². The molecule has 0 spiro atoms. The molecule has 2 atom stereocenters. The van der Waals surface area contributed by atoms with E-state index in [1.165, 1.54) is 0 Å². The Morgan fingerprint density at radius 2 is 2.29 bits per heavy atom. The second-order valence-corrected chi connectivity index (χ2v) is 4.61. The molecule has 1 aliphatic rings. The first-order valence-electron chi connectivity index (χ1n) is 6.76. The summed E-state index contributed by atoms with van der Waals surface area (Å²) in [5.41, 5.74) is 0. The highest BCUT2D eigenvalue weighted by Crippen LogP contribution is 2.17. The van der Waals surface area contributed by atoms with Crippen LogP contribution in [0.4, 0.5) is 0 Å². The SMILES string of the molecule is CCCNC(COCCCOC)C1CCOC1. The van der Waals surface area contributed by atoms with Gasteiger partial charge in [-0.2, -0.15) is 0 Å². The van der Waals surface area contributed by atoms with Crippen molar-refractivity contribution in [3.63, 3.8) is 0 Å². The number of nitrogens with one attached hydrogen (secondary N) is 1. The maximum atomic E-state index is 5.71. The van der Waals surface area contributed by atoms with Crippen molar-refractivity contribution in [1.82, 2.24) is 5.32 Å². The molecule has 1 fully saturated rings. The van der Waals surface area contributed by atoms with Crippen LogP contribution < -0.4 is 5.32 Å². The molecule has 1 aliphatic heterocycles. The third-order valence-electron chi connectivity index (χ3n) is 3.13. The summed E-state index contributed by atoms with van der Waals surface area (Å²) in [5.74, 6) is 0.615. The minimum absolute atomic E-state index is 0.444. The molecule has 0 bridgehead atoms. The van der Waals surface area contributed by atoms with E-state index in [1.54, 1.807) is 7.11 Å². The zero-order chi connectivity index (χ0) is 12.3. The number of hydrogen-bond acceptors (Lipinski definition) is 4. The summed E-state index contributed by atoms with van der Waals surface area (Å²) in [7, 11) is 1.72. The fraction of sp³-hybridized carbons (Fsp3) is 1.00. The van der Waals surface area contributed by atoms with Crippen LogP contribution in [0.5, 0.6) is 0 Å². The van der Waals surface area contributed by atoms with Crippen LogP contribution in [0.1, 0.15) is 26.2 Å². The Hall–Kier alpha value is -0.160. The van der Waals surface area contributed by atoms with E-state index in [0.717, 1.165) is 58.8 Å². The first-order valence-corrected chi connectivity index (χ1v) is 6.76. The predicted molar refractivity (Wildman–Crippen MR) is 68.3 cm³/mol. The highest BCUT2D eigenvalue weighted by atomic mass is 16.5. The van der Waals surface area contributed by atoms with Gasteiger partial charge in [-0.25, -0.2) is 0 Å². The molecular weight excluding hydrogens is 218 g/mol. The van der Waals surface area contributed by atoms with Crippen molar-refractivity contribution < 1.29 is 14.2 Å². The molecule has 0 saturated carbocycles. The lowest BCUT2D eigenvalue weighted by atomic mass is 9.99. The summed E-state index contributed by atoms with van der Waals surface area (Å²) in [6.07, 6.45) is 3.29. The topological polar surface area (TPSA) is 39.7 Å². The van der Waals surface area contributed by atoms with Crippen molar-refractivity contribution >= 4 is 0 Å². The molecule has 0 amide bonds. The molecule has 1 rings (SSSR count). The Labute approximate surface area is 105 Å². The van der Waals surface area contributed by atoms with Gasteiger partial charge in [-0.1, -0.05) is 6.92 Å². The molecule has 4 nitrogen and oxygen atoms in total. The summed E-state index contributed by atoms with van der Waals surface area (Å²) in [4.78, 5) is 0. The van der Waals surface area contributed by atoms with E-state index >= 15 is 0 Å². The highest BCUT2D eigenvalue weighted by molar-refractivity contribution is 4.79. The first-order chi connectivity index (χ1) is 8.38. The van der Waals surface area contributed by atoms with E-state index in [4.69, 9.17) is 14.2 Å². The number of hydrogen-bond donors (Lipinski definition) is 1. The fourth-order valence-corrected chi connectivity index (χ4v) is 2.08. The molecule has 1 heterocycles. The third-order valence-corrected chi connectivity index (χ3v) is 3.13. The van der Waals surface area contributed by atoms with Gasteiger partial charge in [-0.15, -0.1) is 0 Å². The van der Waals surface area contributed by atoms with Crippen molar-refractivity contribution in [1.29, 1.82) is 0 Å². The van der Waals surface area contributed by atoms with E-state index in [1.807, 2.05) is 0 Å². The summed E-state index contributed by atoms with van der Waals surface area (Å²) >= 11 is 0.